The fourth-order valence-corrected chi connectivity index (χ4v) is 3.84. The van der Waals surface area contributed by atoms with E-state index < -0.39 is 0 Å². The van der Waals surface area contributed by atoms with E-state index in [-0.39, 0.29) is 5.91 Å². The molecular formula is C23H33N5O2. The number of amides is 1. The number of nitrogens with one attached hydrogen (secondary N) is 1. The molecule has 1 amide bonds. The number of anilines is 1. The van der Waals surface area contributed by atoms with Gasteiger partial charge in [-0.1, -0.05) is 18.2 Å². The number of piperazine rings is 1. The van der Waals surface area contributed by atoms with Crippen LogP contribution in [-0.2, 0) is 16.1 Å². The molecule has 0 bridgehead atoms. The van der Waals surface area contributed by atoms with Crippen molar-refractivity contribution in [3.63, 3.8) is 0 Å². The van der Waals surface area contributed by atoms with Gasteiger partial charge in [0, 0.05) is 75.4 Å². The first-order valence-electron chi connectivity index (χ1n) is 10.6. The van der Waals surface area contributed by atoms with Crippen molar-refractivity contribution in [3.8, 4) is 0 Å². The Kier molecular flexibility index (Phi) is 8.04. The smallest absolute Gasteiger partial charge is 0.241 e. The van der Waals surface area contributed by atoms with Crippen LogP contribution in [-0.4, -0.2) is 68.0 Å². The summed E-state index contributed by atoms with van der Waals surface area (Å²) in [7, 11) is 1.70. The molecule has 30 heavy (non-hydrogen) atoms. The molecule has 1 aromatic heterocycles. The zero-order valence-corrected chi connectivity index (χ0v) is 18.3. The molecule has 0 unspecified atom stereocenters. The molecule has 1 aliphatic rings. The lowest BCUT2D eigenvalue weighted by molar-refractivity contribution is -0.121. The largest absolute Gasteiger partial charge is 0.383 e. The summed E-state index contributed by atoms with van der Waals surface area (Å²) in [6.45, 7) is 10.3. The number of rotatable bonds is 9. The van der Waals surface area contributed by atoms with Gasteiger partial charge < -0.3 is 14.2 Å². The third-order valence-electron chi connectivity index (χ3n) is 5.67. The minimum absolute atomic E-state index is 0.0510. The number of hydrogen-bond donors (Lipinski definition) is 1. The highest BCUT2D eigenvalue weighted by Gasteiger charge is 2.17. The Bertz CT molecular complexity index is 839. The third kappa shape index (κ3) is 5.93. The summed E-state index contributed by atoms with van der Waals surface area (Å²) < 4.78 is 7.36. The van der Waals surface area contributed by atoms with Crippen LogP contribution in [0, 0.1) is 13.8 Å². The van der Waals surface area contributed by atoms with Gasteiger partial charge in [-0.25, -0.2) is 5.43 Å². The molecule has 1 fully saturated rings. The maximum Gasteiger partial charge on any atom is 0.241 e. The van der Waals surface area contributed by atoms with Gasteiger partial charge in [-0.15, -0.1) is 0 Å². The highest BCUT2D eigenvalue weighted by Crippen LogP contribution is 2.15. The highest BCUT2D eigenvalue weighted by atomic mass is 16.5. The molecule has 1 N–H and O–H groups in total. The molecule has 7 heteroatoms. The number of aromatic nitrogens is 1. The number of aryl methyl sites for hydroxylation is 1. The summed E-state index contributed by atoms with van der Waals surface area (Å²) in [5.74, 6) is -0.0510. The van der Waals surface area contributed by atoms with Crippen LogP contribution >= 0.6 is 0 Å². The first-order chi connectivity index (χ1) is 14.6. The van der Waals surface area contributed by atoms with Gasteiger partial charge in [-0.2, -0.15) is 5.10 Å². The van der Waals surface area contributed by atoms with Crippen LogP contribution in [0.5, 0.6) is 0 Å². The van der Waals surface area contributed by atoms with Gasteiger partial charge in [0.25, 0.3) is 0 Å². The molecule has 2 heterocycles. The van der Waals surface area contributed by atoms with Gasteiger partial charge >= 0.3 is 0 Å². The van der Waals surface area contributed by atoms with Gasteiger partial charge in [-0.05, 0) is 32.0 Å². The second-order valence-electron chi connectivity index (χ2n) is 7.68. The van der Waals surface area contributed by atoms with Gasteiger partial charge in [0.05, 0.1) is 12.8 Å². The van der Waals surface area contributed by atoms with Crippen molar-refractivity contribution in [2.24, 2.45) is 5.10 Å². The van der Waals surface area contributed by atoms with E-state index in [1.807, 2.05) is 6.07 Å². The molecule has 7 nitrogen and oxygen atoms in total. The molecule has 1 saturated heterocycles. The Morgan fingerprint density at radius 3 is 2.57 bits per heavy atom. The van der Waals surface area contributed by atoms with E-state index in [0.717, 1.165) is 56.2 Å². The predicted octanol–water partition coefficient (Wildman–Crippen LogP) is 2.41. The minimum atomic E-state index is -0.0510. The summed E-state index contributed by atoms with van der Waals surface area (Å²) in [6.07, 6.45) is 2.18. The SMILES string of the molecule is COCCn1c(C)cc(/C=N/NC(=O)CCN2CCN(c3ccccc3)CC2)c1C. The Balaban J connectivity index is 1.39. The average molecular weight is 412 g/mol. The van der Waals surface area contributed by atoms with E-state index in [9.17, 15) is 4.79 Å². The fraction of sp³-hybridized carbons (Fsp3) is 0.478. The molecule has 0 radical (unpaired) electrons. The number of methoxy groups -OCH3 is 1. The lowest BCUT2D eigenvalue weighted by atomic mass is 10.2. The van der Waals surface area contributed by atoms with Crippen molar-refractivity contribution in [3.05, 3.63) is 53.3 Å². The molecule has 3 rings (SSSR count). The van der Waals surface area contributed by atoms with Crippen LogP contribution in [0.1, 0.15) is 23.4 Å². The third-order valence-corrected chi connectivity index (χ3v) is 5.67. The molecular weight excluding hydrogens is 378 g/mol. The number of carbonyl (C=O) groups excluding carboxylic acids is 1. The molecule has 1 aromatic carbocycles. The standard InChI is InChI=1S/C23H33N5O2/c1-19-17-21(20(2)28(19)15-16-30-3)18-24-25-23(29)9-10-26-11-13-27(14-12-26)22-7-5-4-6-8-22/h4-8,17-18H,9-16H2,1-3H3,(H,25,29)/b24-18+. The van der Waals surface area contributed by atoms with E-state index in [1.54, 1.807) is 13.3 Å². The second-order valence-corrected chi connectivity index (χ2v) is 7.68. The monoisotopic (exact) mass is 411 g/mol. The molecule has 1 aliphatic heterocycles. The van der Waals surface area contributed by atoms with Crippen LogP contribution in [0.4, 0.5) is 5.69 Å². The molecule has 0 saturated carbocycles. The predicted molar refractivity (Wildman–Crippen MR) is 121 cm³/mol. The van der Waals surface area contributed by atoms with Crippen LogP contribution in [0.2, 0.25) is 0 Å². The first kappa shape index (κ1) is 22.1. The van der Waals surface area contributed by atoms with Gasteiger partial charge in [0.2, 0.25) is 5.91 Å². The minimum Gasteiger partial charge on any atom is -0.383 e. The van der Waals surface area contributed by atoms with Gasteiger partial charge in [0.1, 0.15) is 0 Å². The lowest BCUT2D eigenvalue weighted by Gasteiger charge is -2.36. The van der Waals surface area contributed by atoms with Crippen molar-refractivity contribution in [2.45, 2.75) is 26.8 Å². The number of carbonyl (C=O) groups is 1. The summed E-state index contributed by atoms with van der Waals surface area (Å²) in [5.41, 5.74) is 7.23. The molecule has 162 valence electrons. The Morgan fingerprint density at radius 2 is 1.87 bits per heavy atom. The average Bonchev–Trinajstić information content (AvgIpc) is 3.04. The zero-order valence-electron chi connectivity index (χ0n) is 18.3. The number of hydrogen-bond acceptors (Lipinski definition) is 5. The van der Waals surface area contributed by atoms with E-state index in [4.69, 9.17) is 4.74 Å². The van der Waals surface area contributed by atoms with E-state index in [0.29, 0.717) is 13.0 Å². The zero-order chi connectivity index (χ0) is 21.3. The van der Waals surface area contributed by atoms with Crippen LogP contribution in [0.25, 0.3) is 0 Å². The number of benzene rings is 1. The summed E-state index contributed by atoms with van der Waals surface area (Å²) in [6, 6.07) is 12.6. The summed E-state index contributed by atoms with van der Waals surface area (Å²) in [5, 5.41) is 4.16. The maximum absolute atomic E-state index is 12.2. The van der Waals surface area contributed by atoms with Crippen molar-refractivity contribution in [1.29, 1.82) is 0 Å². The van der Waals surface area contributed by atoms with Crippen molar-refractivity contribution in [1.82, 2.24) is 14.9 Å². The molecule has 0 aliphatic carbocycles. The molecule has 0 spiro atoms. The van der Waals surface area contributed by atoms with Crippen molar-refractivity contribution < 1.29 is 9.53 Å². The molecule has 0 atom stereocenters. The first-order valence-corrected chi connectivity index (χ1v) is 10.6. The van der Waals surface area contributed by atoms with E-state index >= 15 is 0 Å². The van der Waals surface area contributed by atoms with Gasteiger partial charge in [-0.3, -0.25) is 9.69 Å². The number of nitrogens with zero attached hydrogens (tertiary/aromatic N) is 4. The quantitative estimate of drug-likeness (QED) is 0.509. The topological polar surface area (TPSA) is 62.1 Å². The van der Waals surface area contributed by atoms with Crippen LogP contribution < -0.4 is 10.3 Å². The van der Waals surface area contributed by atoms with Crippen molar-refractivity contribution >= 4 is 17.8 Å². The van der Waals surface area contributed by atoms with Crippen molar-refractivity contribution in [2.75, 3.05) is 51.3 Å². The number of para-hydroxylation sites is 1. The van der Waals surface area contributed by atoms with E-state index in [2.05, 4.69) is 69.1 Å². The molecule has 2 aromatic rings. The normalized spacial score (nSPS) is 15.1. The Morgan fingerprint density at radius 1 is 1.13 bits per heavy atom. The van der Waals surface area contributed by atoms with Gasteiger partial charge in [0.15, 0.2) is 0 Å². The fourth-order valence-electron chi connectivity index (χ4n) is 3.84. The van der Waals surface area contributed by atoms with Crippen LogP contribution in [0.15, 0.2) is 41.5 Å². The lowest BCUT2D eigenvalue weighted by Crippen LogP contribution is -2.47. The Hall–Kier alpha value is -2.64. The second kappa shape index (κ2) is 10.9. The highest BCUT2D eigenvalue weighted by molar-refractivity contribution is 5.83. The summed E-state index contributed by atoms with van der Waals surface area (Å²) in [4.78, 5) is 16.9. The van der Waals surface area contributed by atoms with E-state index in [1.165, 1.54) is 5.69 Å². The van der Waals surface area contributed by atoms with Crippen LogP contribution in [0.3, 0.4) is 0 Å². The summed E-state index contributed by atoms with van der Waals surface area (Å²) >= 11 is 0. The Labute approximate surface area is 179 Å². The number of ether oxygens (including phenoxy) is 1. The number of hydrazone groups is 1. The maximum atomic E-state index is 12.2.